The van der Waals surface area contributed by atoms with Crippen LogP contribution < -0.4 is 11.1 Å². The standard InChI is InChI=1S/C12H22N2O8/c1-4(7(13)11(19)20)21-12-8(14-5(2)16)10(18)9(17)6(3-15)22-12/h4,6-10,12,15,17-18H,3,13H2,1-2H3,(H,14,16)(H,19,20)/t4-,6-,7+,8-,9-,10-,12+/m1/s1. The van der Waals surface area contributed by atoms with Crippen molar-refractivity contribution in [2.24, 2.45) is 5.73 Å². The Morgan fingerprint density at radius 1 is 1.36 bits per heavy atom. The zero-order valence-corrected chi connectivity index (χ0v) is 12.2. The Hall–Kier alpha value is -1.30. The van der Waals surface area contributed by atoms with Gasteiger partial charge in [-0.1, -0.05) is 0 Å². The van der Waals surface area contributed by atoms with Gasteiger partial charge in [0.05, 0.1) is 12.7 Å². The number of carboxylic acid groups (broad SMARTS) is 1. The van der Waals surface area contributed by atoms with Crippen LogP contribution in [0.5, 0.6) is 0 Å². The number of nitrogens with one attached hydrogen (secondary N) is 1. The molecular weight excluding hydrogens is 300 g/mol. The number of aliphatic hydroxyl groups is 3. The first kappa shape index (κ1) is 18.7. The van der Waals surface area contributed by atoms with E-state index in [4.69, 9.17) is 25.4 Å². The van der Waals surface area contributed by atoms with E-state index in [9.17, 15) is 19.8 Å². The summed E-state index contributed by atoms with van der Waals surface area (Å²) >= 11 is 0. The van der Waals surface area contributed by atoms with Gasteiger partial charge in [-0.25, -0.2) is 0 Å². The van der Waals surface area contributed by atoms with Crippen LogP contribution in [-0.4, -0.2) is 81.7 Å². The minimum atomic E-state index is -1.46. The molecule has 10 heteroatoms. The Kier molecular flexibility index (Phi) is 6.66. The van der Waals surface area contributed by atoms with Gasteiger partial charge in [0, 0.05) is 6.92 Å². The minimum absolute atomic E-state index is 0.508. The number of amides is 1. The van der Waals surface area contributed by atoms with Crippen LogP contribution in [0.3, 0.4) is 0 Å². The molecule has 0 saturated carbocycles. The smallest absolute Gasteiger partial charge is 0.323 e. The van der Waals surface area contributed by atoms with Gasteiger partial charge in [-0.15, -0.1) is 0 Å². The Balaban J connectivity index is 2.89. The molecule has 0 unspecified atom stereocenters. The SMILES string of the molecule is CC(=O)N[C@H]1[C@@H](O[C@H](C)[C@H](N)C(=O)O)O[C@H](CO)[C@@H](O)[C@@H]1O. The predicted octanol–water partition coefficient (Wildman–Crippen LogP) is -3.25. The first-order valence-corrected chi connectivity index (χ1v) is 6.72. The topological polar surface area (TPSA) is 172 Å². The van der Waals surface area contributed by atoms with Gasteiger partial charge in [-0.3, -0.25) is 9.59 Å². The fourth-order valence-corrected chi connectivity index (χ4v) is 2.08. The molecule has 0 aromatic rings. The van der Waals surface area contributed by atoms with Crippen molar-refractivity contribution in [3.05, 3.63) is 0 Å². The molecule has 7 atom stereocenters. The van der Waals surface area contributed by atoms with Crippen LogP contribution >= 0.6 is 0 Å². The third kappa shape index (κ3) is 4.35. The molecule has 22 heavy (non-hydrogen) atoms. The molecule has 0 bridgehead atoms. The molecule has 0 radical (unpaired) electrons. The van der Waals surface area contributed by atoms with Gasteiger partial charge in [0.25, 0.3) is 0 Å². The van der Waals surface area contributed by atoms with Gasteiger partial charge in [0.15, 0.2) is 6.29 Å². The van der Waals surface area contributed by atoms with Crippen molar-refractivity contribution in [3.63, 3.8) is 0 Å². The predicted molar refractivity (Wildman–Crippen MR) is 71.5 cm³/mol. The Morgan fingerprint density at radius 2 is 1.95 bits per heavy atom. The fourth-order valence-electron chi connectivity index (χ4n) is 2.08. The molecule has 1 aliphatic heterocycles. The van der Waals surface area contributed by atoms with E-state index in [0.29, 0.717) is 0 Å². The van der Waals surface area contributed by atoms with Crippen molar-refractivity contribution in [1.29, 1.82) is 0 Å². The summed E-state index contributed by atoms with van der Waals surface area (Å²) < 4.78 is 10.6. The number of aliphatic hydroxyl groups excluding tert-OH is 3. The number of hydrogen-bond donors (Lipinski definition) is 6. The molecule has 128 valence electrons. The summed E-state index contributed by atoms with van der Waals surface area (Å²) in [5.74, 6) is -1.80. The molecule has 1 rings (SSSR count). The van der Waals surface area contributed by atoms with E-state index in [1.807, 2.05) is 0 Å². The zero-order valence-electron chi connectivity index (χ0n) is 12.2. The number of ether oxygens (including phenoxy) is 2. The van der Waals surface area contributed by atoms with E-state index < -0.39 is 61.3 Å². The van der Waals surface area contributed by atoms with Crippen LogP contribution in [0.25, 0.3) is 0 Å². The molecule has 0 aromatic heterocycles. The van der Waals surface area contributed by atoms with E-state index in [1.54, 1.807) is 0 Å². The lowest BCUT2D eigenvalue weighted by molar-refractivity contribution is -0.281. The van der Waals surface area contributed by atoms with Gasteiger partial charge in [0.1, 0.15) is 30.4 Å². The van der Waals surface area contributed by atoms with E-state index >= 15 is 0 Å². The summed E-state index contributed by atoms with van der Waals surface area (Å²) in [5, 5.41) is 40.2. The van der Waals surface area contributed by atoms with Crippen LogP contribution in [0.1, 0.15) is 13.8 Å². The maximum Gasteiger partial charge on any atom is 0.323 e. The van der Waals surface area contributed by atoms with Crippen molar-refractivity contribution < 1.29 is 39.5 Å². The van der Waals surface area contributed by atoms with Crippen molar-refractivity contribution in [2.45, 2.75) is 56.6 Å². The fraction of sp³-hybridized carbons (Fsp3) is 0.833. The summed E-state index contributed by atoms with van der Waals surface area (Å²) in [5.41, 5.74) is 5.42. The number of rotatable bonds is 6. The highest BCUT2D eigenvalue weighted by Crippen LogP contribution is 2.23. The Labute approximate surface area is 126 Å². The van der Waals surface area contributed by atoms with Crippen LogP contribution in [0, 0.1) is 0 Å². The number of hydrogen-bond acceptors (Lipinski definition) is 8. The molecule has 1 heterocycles. The van der Waals surface area contributed by atoms with Crippen LogP contribution in [0.15, 0.2) is 0 Å². The molecule has 1 fully saturated rings. The third-order valence-corrected chi connectivity index (χ3v) is 3.39. The van der Waals surface area contributed by atoms with E-state index in [1.165, 1.54) is 13.8 Å². The summed E-state index contributed by atoms with van der Waals surface area (Å²) in [4.78, 5) is 22.0. The lowest BCUT2D eigenvalue weighted by atomic mass is 9.97. The summed E-state index contributed by atoms with van der Waals surface area (Å²) in [7, 11) is 0. The Morgan fingerprint density at radius 3 is 2.41 bits per heavy atom. The number of carbonyl (C=O) groups excluding carboxylic acids is 1. The first-order valence-electron chi connectivity index (χ1n) is 6.72. The van der Waals surface area contributed by atoms with E-state index in [-0.39, 0.29) is 0 Å². The number of carbonyl (C=O) groups is 2. The molecule has 0 aliphatic carbocycles. The van der Waals surface area contributed by atoms with Crippen LogP contribution in [0.2, 0.25) is 0 Å². The van der Waals surface area contributed by atoms with Gasteiger partial charge < -0.3 is 41.0 Å². The van der Waals surface area contributed by atoms with Gasteiger partial charge in [0.2, 0.25) is 5.91 Å². The second-order valence-corrected chi connectivity index (χ2v) is 5.14. The highest BCUT2D eigenvalue weighted by atomic mass is 16.7. The maximum absolute atomic E-state index is 11.2. The highest BCUT2D eigenvalue weighted by molar-refractivity contribution is 5.74. The van der Waals surface area contributed by atoms with Gasteiger partial charge in [-0.05, 0) is 6.92 Å². The van der Waals surface area contributed by atoms with Crippen molar-refractivity contribution in [3.8, 4) is 0 Å². The van der Waals surface area contributed by atoms with Crippen LogP contribution in [0.4, 0.5) is 0 Å². The van der Waals surface area contributed by atoms with Crippen LogP contribution in [-0.2, 0) is 19.1 Å². The normalized spacial score (nSPS) is 34.7. The van der Waals surface area contributed by atoms with Gasteiger partial charge >= 0.3 is 5.97 Å². The molecule has 1 aliphatic rings. The molecule has 1 amide bonds. The average Bonchev–Trinajstić information content (AvgIpc) is 2.45. The lowest BCUT2D eigenvalue weighted by Crippen LogP contribution is -2.65. The zero-order chi connectivity index (χ0) is 17.0. The Bertz CT molecular complexity index is 407. The molecule has 10 nitrogen and oxygen atoms in total. The first-order chi connectivity index (χ1) is 10.2. The quantitative estimate of drug-likeness (QED) is 0.293. The van der Waals surface area contributed by atoms with E-state index in [2.05, 4.69) is 5.32 Å². The van der Waals surface area contributed by atoms with Crippen molar-refractivity contribution >= 4 is 11.9 Å². The second kappa shape index (κ2) is 7.81. The molecule has 0 spiro atoms. The summed E-state index contributed by atoms with van der Waals surface area (Å²) in [6.45, 7) is 1.99. The monoisotopic (exact) mass is 322 g/mol. The third-order valence-electron chi connectivity index (χ3n) is 3.39. The van der Waals surface area contributed by atoms with Gasteiger partial charge in [-0.2, -0.15) is 0 Å². The maximum atomic E-state index is 11.2. The molecule has 1 saturated heterocycles. The number of carboxylic acids is 1. The molecular formula is C12H22N2O8. The van der Waals surface area contributed by atoms with E-state index in [0.717, 1.165) is 0 Å². The lowest BCUT2D eigenvalue weighted by Gasteiger charge is -2.43. The molecule has 0 aromatic carbocycles. The molecule has 7 N–H and O–H groups in total. The number of nitrogens with two attached hydrogens (primary N) is 1. The largest absolute Gasteiger partial charge is 0.480 e. The highest BCUT2D eigenvalue weighted by Gasteiger charge is 2.46. The van der Waals surface area contributed by atoms with Crippen molar-refractivity contribution in [2.75, 3.05) is 6.61 Å². The number of aliphatic carboxylic acids is 1. The second-order valence-electron chi connectivity index (χ2n) is 5.14. The summed E-state index contributed by atoms with van der Waals surface area (Å²) in [6, 6.07) is -2.49. The average molecular weight is 322 g/mol. The van der Waals surface area contributed by atoms with Crippen molar-refractivity contribution in [1.82, 2.24) is 5.32 Å². The minimum Gasteiger partial charge on any atom is -0.480 e. The summed E-state index contributed by atoms with van der Waals surface area (Å²) in [6.07, 6.45) is -6.32.